The summed E-state index contributed by atoms with van der Waals surface area (Å²) in [5.41, 5.74) is 3.23. The average Bonchev–Trinajstić information content (AvgIpc) is 3.31. The molecule has 1 aliphatic heterocycles. The highest BCUT2D eigenvalue weighted by Crippen LogP contribution is 2.41. The SMILES string of the molecule is CCc1nnc(C2C(=N)SC(=Cc3ccc(OCc4cccc(C)c4)cc3)C2=O)s1. The van der Waals surface area contributed by atoms with Gasteiger partial charge in [0.25, 0.3) is 0 Å². The number of rotatable bonds is 6. The number of thioether (sulfide) groups is 1. The topological polar surface area (TPSA) is 75.9 Å². The van der Waals surface area contributed by atoms with E-state index in [1.54, 1.807) is 0 Å². The number of aryl methyl sites for hydroxylation is 2. The number of nitrogens with one attached hydrogen (secondary N) is 1. The zero-order valence-corrected chi connectivity index (χ0v) is 18.3. The molecule has 0 radical (unpaired) electrons. The van der Waals surface area contributed by atoms with E-state index >= 15 is 0 Å². The first-order valence-electron chi connectivity index (χ1n) is 9.66. The van der Waals surface area contributed by atoms with Crippen molar-refractivity contribution in [3.8, 4) is 5.75 Å². The maximum absolute atomic E-state index is 12.9. The number of hydrogen-bond acceptors (Lipinski definition) is 7. The lowest BCUT2D eigenvalue weighted by molar-refractivity contribution is -0.114. The number of ketones is 1. The molecule has 0 aliphatic carbocycles. The minimum atomic E-state index is -0.615. The molecule has 0 amide bonds. The zero-order valence-electron chi connectivity index (χ0n) is 16.7. The normalized spacial score (nSPS) is 17.7. The van der Waals surface area contributed by atoms with Gasteiger partial charge < -0.3 is 4.74 Å². The summed E-state index contributed by atoms with van der Waals surface area (Å²) in [6.07, 6.45) is 2.60. The van der Waals surface area contributed by atoms with Crippen LogP contribution >= 0.6 is 23.1 Å². The second kappa shape index (κ2) is 8.93. The standard InChI is InChI=1S/C23H21N3O2S2/c1-3-19-25-26-23(30-19)20-21(27)18(29-22(20)24)12-15-7-9-17(10-8-15)28-13-16-6-4-5-14(2)11-16/h4-12,20,24H,3,13H2,1-2H3. The fourth-order valence-electron chi connectivity index (χ4n) is 3.12. The van der Waals surface area contributed by atoms with Crippen molar-refractivity contribution in [3.05, 3.63) is 80.1 Å². The fourth-order valence-corrected chi connectivity index (χ4v) is 5.07. The molecule has 1 atom stereocenters. The van der Waals surface area contributed by atoms with Gasteiger partial charge in [0.1, 0.15) is 28.3 Å². The predicted molar refractivity (Wildman–Crippen MR) is 122 cm³/mol. The number of carbonyl (C=O) groups excluding carboxylic acids is 1. The second-order valence-corrected chi connectivity index (χ2v) is 9.18. The molecule has 2 aromatic carbocycles. The van der Waals surface area contributed by atoms with Gasteiger partial charge in [-0.25, -0.2) is 0 Å². The Morgan fingerprint density at radius 3 is 2.67 bits per heavy atom. The van der Waals surface area contributed by atoms with Crippen molar-refractivity contribution in [1.82, 2.24) is 10.2 Å². The van der Waals surface area contributed by atoms with Crippen LogP contribution in [0.15, 0.2) is 53.4 Å². The number of ether oxygens (including phenoxy) is 1. The van der Waals surface area contributed by atoms with Gasteiger partial charge in [0.15, 0.2) is 5.78 Å². The van der Waals surface area contributed by atoms with Crippen LogP contribution < -0.4 is 4.74 Å². The Labute approximate surface area is 183 Å². The van der Waals surface area contributed by atoms with Crippen LogP contribution in [-0.2, 0) is 17.8 Å². The summed E-state index contributed by atoms with van der Waals surface area (Å²) in [5.74, 6) is 0.0789. The number of carbonyl (C=O) groups is 1. The van der Waals surface area contributed by atoms with Gasteiger partial charge in [0.2, 0.25) is 0 Å². The summed E-state index contributed by atoms with van der Waals surface area (Å²) < 4.78 is 5.86. The molecule has 5 nitrogen and oxygen atoms in total. The molecule has 1 fully saturated rings. The highest BCUT2D eigenvalue weighted by Gasteiger charge is 2.39. The summed E-state index contributed by atoms with van der Waals surface area (Å²) in [7, 11) is 0. The molecule has 1 N–H and O–H groups in total. The largest absolute Gasteiger partial charge is 0.489 e. The number of benzene rings is 2. The number of nitrogens with zero attached hydrogens (tertiary/aromatic N) is 2. The Bertz CT molecular complexity index is 1120. The van der Waals surface area contributed by atoms with Crippen LogP contribution in [0.1, 0.15) is 39.5 Å². The van der Waals surface area contributed by atoms with Crippen LogP contribution in [0.4, 0.5) is 0 Å². The van der Waals surface area contributed by atoms with Gasteiger partial charge in [0, 0.05) is 0 Å². The Balaban J connectivity index is 1.44. The van der Waals surface area contributed by atoms with Gasteiger partial charge in [-0.2, -0.15) is 0 Å². The quantitative estimate of drug-likeness (QED) is 0.524. The van der Waals surface area contributed by atoms with Gasteiger partial charge in [-0.05, 0) is 42.7 Å². The summed E-state index contributed by atoms with van der Waals surface area (Å²) in [5, 5.41) is 18.3. The lowest BCUT2D eigenvalue weighted by Crippen LogP contribution is -2.11. The zero-order chi connectivity index (χ0) is 21.1. The average molecular weight is 436 g/mol. The Hall–Kier alpha value is -2.77. The van der Waals surface area contributed by atoms with Crippen LogP contribution in [0.2, 0.25) is 0 Å². The molecule has 4 rings (SSSR count). The highest BCUT2D eigenvalue weighted by atomic mass is 32.2. The summed E-state index contributed by atoms with van der Waals surface area (Å²) in [6, 6.07) is 15.9. The number of allylic oxidation sites excluding steroid dienone is 1. The number of Topliss-reactive ketones (excluding diaryl/α,β-unsaturated/α-hetero) is 1. The third-order valence-corrected chi connectivity index (χ3v) is 6.81. The van der Waals surface area contributed by atoms with Crippen LogP contribution in [0, 0.1) is 12.3 Å². The van der Waals surface area contributed by atoms with Crippen molar-refractivity contribution in [1.29, 1.82) is 5.41 Å². The molecule has 152 valence electrons. The van der Waals surface area contributed by atoms with Crippen molar-refractivity contribution >= 4 is 40.0 Å². The van der Waals surface area contributed by atoms with Crippen molar-refractivity contribution in [2.45, 2.75) is 32.8 Å². The molecule has 0 saturated carbocycles. The van der Waals surface area contributed by atoms with E-state index in [9.17, 15) is 4.79 Å². The fraction of sp³-hybridized carbons (Fsp3) is 0.217. The molecule has 1 unspecified atom stereocenters. The first-order valence-corrected chi connectivity index (χ1v) is 11.3. The molecule has 30 heavy (non-hydrogen) atoms. The lowest BCUT2D eigenvalue weighted by Gasteiger charge is -2.07. The Kier molecular flexibility index (Phi) is 6.11. The third kappa shape index (κ3) is 4.52. The summed E-state index contributed by atoms with van der Waals surface area (Å²) >= 11 is 2.62. The van der Waals surface area contributed by atoms with Gasteiger partial charge in [-0.15, -0.1) is 21.5 Å². The Morgan fingerprint density at radius 1 is 1.17 bits per heavy atom. The molecule has 0 spiro atoms. The molecule has 1 aliphatic rings. The summed E-state index contributed by atoms with van der Waals surface area (Å²) in [6.45, 7) is 4.57. The van der Waals surface area contributed by atoms with Gasteiger partial charge >= 0.3 is 0 Å². The monoisotopic (exact) mass is 435 g/mol. The van der Waals surface area contributed by atoms with E-state index in [2.05, 4.69) is 29.3 Å². The summed E-state index contributed by atoms with van der Waals surface area (Å²) in [4.78, 5) is 13.4. The molecule has 3 aromatic rings. The third-order valence-electron chi connectivity index (χ3n) is 4.68. The van der Waals surface area contributed by atoms with E-state index in [4.69, 9.17) is 10.1 Å². The van der Waals surface area contributed by atoms with Crippen LogP contribution in [0.5, 0.6) is 5.75 Å². The highest BCUT2D eigenvalue weighted by molar-refractivity contribution is 8.19. The number of aromatic nitrogens is 2. The second-order valence-electron chi connectivity index (χ2n) is 7.01. The maximum atomic E-state index is 12.9. The molecular formula is C23H21N3O2S2. The smallest absolute Gasteiger partial charge is 0.186 e. The van der Waals surface area contributed by atoms with E-state index < -0.39 is 5.92 Å². The Morgan fingerprint density at radius 2 is 1.97 bits per heavy atom. The van der Waals surface area contributed by atoms with E-state index in [-0.39, 0.29) is 5.78 Å². The van der Waals surface area contributed by atoms with E-state index in [0.717, 1.165) is 28.3 Å². The molecule has 1 saturated heterocycles. The predicted octanol–water partition coefficient (Wildman–Crippen LogP) is 5.41. The number of hydrogen-bond donors (Lipinski definition) is 1. The van der Waals surface area contributed by atoms with Gasteiger partial charge in [-0.3, -0.25) is 10.2 Å². The molecule has 1 aromatic heterocycles. The molecule has 7 heteroatoms. The van der Waals surface area contributed by atoms with Crippen molar-refractivity contribution in [3.63, 3.8) is 0 Å². The van der Waals surface area contributed by atoms with Crippen LogP contribution in [0.25, 0.3) is 6.08 Å². The lowest BCUT2D eigenvalue weighted by atomic mass is 10.1. The first-order chi connectivity index (χ1) is 14.5. The minimum absolute atomic E-state index is 0.0800. The van der Waals surface area contributed by atoms with Crippen molar-refractivity contribution in [2.75, 3.05) is 0 Å². The van der Waals surface area contributed by atoms with Gasteiger partial charge in [-0.1, -0.05) is 60.6 Å². The van der Waals surface area contributed by atoms with Crippen molar-refractivity contribution < 1.29 is 9.53 Å². The minimum Gasteiger partial charge on any atom is -0.489 e. The van der Waals surface area contributed by atoms with E-state index in [1.165, 1.54) is 28.7 Å². The van der Waals surface area contributed by atoms with Crippen LogP contribution in [0.3, 0.4) is 0 Å². The van der Waals surface area contributed by atoms with Gasteiger partial charge in [0.05, 0.1) is 9.95 Å². The van der Waals surface area contributed by atoms with E-state index in [1.807, 2.05) is 49.4 Å². The first kappa shape index (κ1) is 20.5. The van der Waals surface area contributed by atoms with Crippen LogP contribution in [-0.4, -0.2) is 21.0 Å². The molecular weight excluding hydrogens is 414 g/mol. The van der Waals surface area contributed by atoms with E-state index in [0.29, 0.717) is 21.6 Å². The molecule has 2 heterocycles. The van der Waals surface area contributed by atoms with Crippen molar-refractivity contribution in [2.24, 2.45) is 0 Å². The maximum Gasteiger partial charge on any atom is 0.186 e. The molecule has 0 bridgehead atoms.